The molecule has 1 saturated heterocycles. The molecule has 3 aromatic carbocycles. The Balaban J connectivity index is 1.19. The van der Waals surface area contributed by atoms with E-state index >= 15 is 0 Å². The fraction of sp³-hybridized carbons (Fsp3) is 0.214. The van der Waals surface area contributed by atoms with Gasteiger partial charge in [0.05, 0.1) is 27.7 Å². The minimum atomic E-state index is -3.80. The minimum absolute atomic E-state index is 0.0530. The van der Waals surface area contributed by atoms with Gasteiger partial charge >= 0.3 is 6.09 Å². The van der Waals surface area contributed by atoms with E-state index in [1.165, 1.54) is 6.07 Å². The van der Waals surface area contributed by atoms with Crippen molar-refractivity contribution in [3.05, 3.63) is 89.5 Å². The number of aliphatic imine (C=N–C) groups is 1. The van der Waals surface area contributed by atoms with Crippen LogP contribution in [0.2, 0.25) is 0 Å². The second kappa shape index (κ2) is 9.53. The van der Waals surface area contributed by atoms with Gasteiger partial charge in [-0.1, -0.05) is 54.6 Å². The van der Waals surface area contributed by atoms with Crippen molar-refractivity contribution in [3.8, 4) is 0 Å². The zero-order chi connectivity index (χ0) is 26.3. The Morgan fingerprint density at radius 1 is 0.921 bits per heavy atom. The van der Waals surface area contributed by atoms with Crippen LogP contribution in [0.4, 0.5) is 16.2 Å². The summed E-state index contributed by atoms with van der Waals surface area (Å²) in [6.45, 7) is 2.36. The zero-order valence-electron chi connectivity index (χ0n) is 20.4. The summed E-state index contributed by atoms with van der Waals surface area (Å²) in [5.74, 6) is -0.293. The van der Waals surface area contributed by atoms with Crippen LogP contribution < -0.4 is 4.90 Å². The molecule has 0 N–H and O–H groups in total. The van der Waals surface area contributed by atoms with Crippen LogP contribution in [0.5, 0.6) is 0 Å². The highest BCUT2D eigenvalue weighted by atomic mass is 32.2. The number of carbonyl (C=O) groups is 2. The van der Waals surface area contributed by atoms with Crippen molar-refractivity contribution in [2.75, 3.05) is 31.1 Å². The smallest absolute Gasteiger partial charge is 0.410 e. The van der Waals surface area contributed by atoms with Crippen LogP contribution in [0, 0.1) is 0 Å². The molecule has 0 bridgehead atoms. The van der Waals surface area contributed by atoms with Gasteiger partial charge in [0.15, 0.2) is 0 Å². The van der Waals surface area contributed by atoms with E-state index in [0.717, 1.165) is 11.3 Å². The lowest BCUT2D eigenvalue weighted by Crippen LogP contribution is -2.49. The minimum Gasteiger partial charge on any atom is -0.445 e. The number of amides is 1. The van der Waals surface area contributed by atoms with E-state index in [0.29, 0.717) is 48.7 Å². The van der Waals surface area contributed by atoms with Crippen LogP contribution in [0.25, 0.3) is 0 Å². The molecule has 0 saturated carbocycles. The maximum Gasteiger partial charge on any atom is 0.410 e. The van der Waals surface area contributed by atoms with Gasteiger partial charge < -0.3 is 14.5 Å². The van der Waals surface area contributed by atoms with Crippen LogP contribution in [-0.2, 0) is 21.4 Å². The molecule has 3 aliphatic rings. The fourth-order valence-corrected chi connectivity index (χ4v) is 6.27. The summed E-state index contributed by atoms with van der Waals surface area (Å²) in [6.07, 6.45) is -0.294. The Kier molecular flexibility index (Phi) is 6.03. The first kappa shape index (κ1) is 24.1. The maximum atomic E-state index is 13.3. The first-order chi connectivity index (χ1) is 18.4. The van der Waals surface area contributed by atoms with Gasteiger partial charge in [-0.25, -0.2) is 9.79 Å². The first-order valence-corrected chi connectivity index (χ1v) is 13.7. The van der Waals surface area contributed by atoms with Gasteiger partial charge in [-0.2, -0.15) is 12.8 Å². The van der Waals surface area contributed by atoms with Crippen molar-refractivity contribution in [3.63, 3.8) is 0 Å². The number of benzene rings is 3. The number of anilines is 1. The van der Waals surface area contributed by atoms with Crippen molar-refractivity contribution in [1.82, 2.24) is 4.90 Å². The van der Waals surface area contributed by atoms with Gasteiger partial charge in [0.1, 0.15) is 6.61 Å². The maximum absolute atomic E-state index is 13.3. The summed E-state index contributed by atoms with van der Waals surface area (Å²) < 4.78 is 34.3. The van der Waals surface area contributed by atoms with Gasteiger partial charge in [-0.05, 0) is 23.8 Å². The third kappa shape index (κ3) is 4.37. The number of ketones is 1. The molecule has 6 rings (SSSR count). The molecule has 10 heteroatoms. The molecule has 2 aliphatic heterocycles. The van der Waals surface area contributed by atoms with E-state index in [4.69, 9.17) is 9.73 Å². The number of ether oxygens (including phenoxy) is 1. The Bertz CT molecular complexity index is 1610. The van der Waals surface area contributed by atoms with Crippen LogP contribution in [0.15, 0.2) is 87.1 Å². The van der Waals surface area contributed by atoms with Gasteiger partial charge in [-0.3, -0.25) is 4.79 Å². The SMILES string of the molecule is O=C1C(=Nc2ccccc2N2CCN(C(=O)OCc3ccccc3)CC2)CC2=NS(=O)(=O)c3cccc1c32. The number of piperazine rings is 1. The summed E-state index contributed by atoms with van der Waals surface area (Å²) in [5, 5.41) is 0. The number of rotatable bonds is 4. The van der Waals surface area contributed by atoms with E-state index < -0.39 is 10.0 Å². The number of carbonyl (C=O) groups excluding carboxylic acids is 2. The van der Waals surface area contributed by atoms with Crippen LogP contribution in [-0.4, -0.2) is 62.8 Å². The lowest BCUT2D eigenvalue weighted by molar-refractivity contribution is 0.0941. The van der Waals surface area contributed by atoms with Crippen molar-refractivity contribution in [1.29, 1.82) is 0 Å². The van der Waals surface area contributed by atoms with Gasteiger partial charge in [0.2, 0.25) is 5.78 Å². The molecule has 9 nitrogen and oxygen atoms in total. The van der Waals surface area contributed by atoms with Crippen LogP contribution in [0.3, 0.4) is 0 Å². The quantitative estimate of drug-likeness (QED) is 0.507. The normalized spacial score (nSPS) is 18.8. The van der Waals surface area contributed by atoms with Crippen LogP contribution in [0.1, 0.15) is 27.9 Å². The van der Waals surface area contributed by atoms with E-state index in [1.807, 2.05) is 54.6 Å². The average molecular weight is 529 g/mol. The van der Waals surface area contributed by atoms with Gasteiger partial charge in [0, 0.05) is 43.7 Å². The van der Waals surface area contributed by atoms with Crippen molar-refractivity contribution in [2.45, 2.75) is 17.9 Å². The predicted molar refractivity (Wildman–Crippen MR) is 143 cm³/mol. The highest BCUT2D eigenvalue weighted by molar-refractivity contribution is 7.90. The van der Waals surface area contributed by atoms with Crippen molar-refractivity contribution >= 4 is 44.7 Å². The topological polar surface area (TPSA) is 109 Å². The van der Waals surface area contributed by atoms with E-state index in [-0.39, 0.29) is 35.5 Å². The standard InChI is InChI=1S/C28H24N4O5S/c33-27-20-9-6-12-25-26(20)22(30-38(25,35)36)17-23(27)29-21-10-4-5-11-24(21)31-13-15-32(16-14-31)28(34)37-18-19-7-2-1-3-8-19/h1-12H,13-18H2. The molecule has 3 aromatic rings. The van der Waals surface area contributed by atoms with Crippen molar-refractivity contribution in [2.24, 2.45) is 9.39 Å². The Hall–Kier alpha value is -4.31. The number of hydrogen-bond donors (Lipinski definition) is 0. The Labute approximate surface area is 220 Å². The predicted octanol–water partition coefficient (Wildman–Crippen LogP) is 4.00. The summed E-state index contributed by atoms with van der Waals surface area (Å²) in [4.78, 5) is 34.4. The second-order valence-electron chi connectivity index (χ2n) is 9.26. The molecule has 0 aromatic heterocycles. The third-order valence-corrected chi connectivity index (χ3v) is 8.24. The molecule has 38 heavy (non-hydrogen) atoms. The monoisotopic (exact) mass is 528 g/mol. The Morgan fingerprint density at radius 2 is 1.66 bits per heavy atom. The molecule has 2 heterocycles. The first-order valence-electron chi connectivity index (χ1n) is 12.3. The summed E-state index contributed by atoms with van der Waals surface area (Å²) in [7, 11) is -3.80. The highest BCUT2D eigenvalue weighted by Gasteiger charge is 2.38. The number of nitrogens with zero attached hydrogens (tertiary/aromatic N) is 4. The van der Waals surface area contributed by atoms with Crippen LogP contribution >= 0.6 is 0 Å². The number of para-hydroxylation sites is 2. The van der Waals surface area contributed by atoms with E-state index in [9.17, 15) is 18.0 Å². The molecule has 0 unspecified atom stereocenters. The number of Topliss-reactive ketones (excluding diaryl/α,β-unsaturated/α-hetero) is 1. The molecule has 1 amide bonds. The largest absolute Gasteiger partial charge is 0.445 e. The third-order valence-electron chi connectivity index (χ3n) is 6.89. The molecular weight excluding hydrogens is 504 g/mol. The average Bonchev–Trinajstić information content (AvgIpc) is 3.21. The van der Waals surface area contributed by atoms with E-state index in [1.54, 1.807) is 17.0 Å². The molecule has 1 aliphatic carbocycles. The van der Waals surface area contributed by atoms with E-state index in [2.05, 4.69) is 9.30 Å². The number of sulfonamides is 1. The van der Waals surface area contributed by atoms with Gasteiger partial charge in [0.25, 0.3) is 10.0 Å². The molecule has 0 atom stereocenters. The van der Waals surface area contributed by atoms with Gasteiger partial charge in [-0.15, -0.1) is 0 Å². The molecule has 192 valence electrons. The lowest BCUT2D eigenvalue weighted by atomic mass is 9.87. The highest BCUT2D eigenvalue weighted by Crippen LogP contribution is 2.36. The molecule has 0 spiro atoms. The lowest BCUT2D eigenvalue weighted by Gasteiger charge is -2.36. The fourth-order valence-electron chi connectivity index (χ4n) is 4.99. The second-order valence-corrected chi connectivity index (χ2v) is 10.8. The molecule has 0 radical (unpaired) electrons. The summed E-state index contributed by atoms with van der Waals surface area (Å²) in [6, 6.07) is 21.7. The number of hydrogen-bond acceptors (Lipinski definition) is 7. The summed E-state index contributed by atoms with van der Waals surface area (Å²) in [5.41, 5.74) is 3.70. The Morgan fingerprint density at radius 3 is 2.45 bits per heavy atom. The van der Waals surface area contributed by atoms with Crippen molar-refractivity contribution < 1.29 is 22.7 Å². The summed E-state index contributed by atoms with van der Waals surface area (Å²) >= 11 is 0. The molecule has 1 fully saturated rings. The molecular formula is C28H24N4O5S. The zero-order valence-corrected chi connectivity index (χ0v) is 21.2.